The van der Waals surface area contributed by atoms with Gasteiger partial charge >= 0.3 is 0 Å². The van der Waals surface area contributed by atoms with Crippen molar-refractivity contribution in [2.75, 3.05) is 36.8 Å². The number of rotatable bonds is 10. The highest BCUT2D eigenvalue weighted by Gasteiger charge is 2.24. The molecule has 0 radical (unpaired) electrons. The average molecular weight is 478 g/mol. The number of para-hydroxylation sites is 1. The zero-order chi connectivity index (χ0) is 21.5. The monoisotopic (exact) mass is 477 g/mol. The lowest BCUT2D eigenvalue weighted by atomic mass is 10.1. The number of nitrogens with zero attached hydrogens (tertiary/aromatic N) is 3. The van der Waals surface area contributed by atoms with Crippen LogP contribution < -0.4 is 4.90 Å². The van der Waals surface area contributed by atoms with Gasteiger partial charge in [-0.3, -0.25) is 9.69 Å². The van der Waals surface area contributed by atoms with E-state index < -0.39 is 0 Å². The molecule has 0 N–H and O–H groups in total. The summed E-state index contributed by atoms with van der Waals surface area (Å²) in [6.07, 6.45) is 0.934. The van der Waals surface area contributed by atoms with Crippen LogP contribution in [0.1, 0.15) is 43.6 Å². The van der Waals surface area contributed by atoms with E-state index in [-0.39, 0.29) is 18.3 Å². The fourth-order valence-electron chi connectivity index (χ4n) is 3.53. The first kappa shape index (κ1) is 25.7. The van der Waals surface area contributed by atoms with E-state index in [0.717, 1.165) is 57.6 Å². The van der Waals surface area contributed by atoms with E-state index in [2.05, 4.69) is 50.8 Å². The van der Waals surface area contributed by atoms with Crippen molar-refractivity contribution in [2.24, 2.45) is 0 Å². The van der Waals surface area contributed by atoms with Crippen molar-refractivity contribution in [3.63, 3.8) is 0 Å². The van der Waals surface area contributed by atoms with Gasteiger partial charge in [0, 0.05) is 18.0 Å². The Balaban J connectivity index is 0.00000341. The topological polar surface area (TPSA) is 36.4 Å². The summed E-state index contributed by atoms with van der Waals surface area (Å²) in [4.78, 5) is 23.9. The van der Waals surface area contributed by atoms with Gasteiger partial charge in [0.15, 0.2) is 5.13 Å². The van der Waals surface area contributed by atoms with Gasteiger partial charge in [0.05, 0.1) is 15.8 Å². The third kappa shape index (κ3) is 6.01. The zero-order valence-electron chi connectivity index (χ0n) is 18.8. The normalized spacial score (nSPS) is 11.0. The quantitative estimate of drug-likeness (QED) is 0.317. The molecule has 3 aromatic rings. The molecular weight excluding hydrogens is 446 g/mol. The number of thiazole rings is 1. The van der Waals surface area contributed by atoms with Crippen molar-refractivity contribution in [3.05, 3.63) is 53.6 Å². The number of carbonyl (C=O) groups is 1. The molecule has 7 heteroatoms. The SMILES string of the molecule is CCSc1ccccc1C(=O)N(CCN(CC)CC)c1nc2c(CC)cccc2s1.Cl. The summed E-state index contributed by atoms with van der Waals surface area (Å²) in [5.41, 5.74) is 3.02. The molecule has 0 aliphatic rings. The Bertz CT molecular complexity index is 988. The van der Waals surface area contributed by atoms with Crippen molar-refractivity contribution in [3.8, 4) is 0 Å². The Labute approximate surface area is 200 Å². The summed E-state index contributed by atoms with van der Waals surface area (Å²) in [6.45, 7) is 12.0. The lowest BCUT2D eigenvalue weighted by Gasteiger charge is -2.25. The van der Waals surface area contributed by atoms with Crippen molar-refractivity contribution >= 4 is 56.8 Å². The zero-order valence-corrected chi connectivity index (χ0v) is 21.2. The van der Waals surface area contributed by atoms with Crippen LogP contribution in [0, 0.1) is 0 Å². The number of halogens is 1. The van der Waals surface area contributed by atoms with Crippen molar-refractivity contribution in [2.45, 2.75) is 39.0 Å². The van der Waals surface area contributed by atoms with Gasteiger partial charge < -0.3 is 4.90 Å². The number of fused-ring (bicyclic) bond motifs is 1. The number of aromatic nitrogens is 1. The number of amides is 1. The van der Waals surface area contributed by atoms with Crippen LogP contribution in [-0.4, -0.2) is 47.7 Å². The van der Waals surface area contributed by atoms with Gasteiger partial charge in [-0.25, -0.2) is 4.98 Å². The van der Waals surface area contributed by atoms with Gasteiger partial charge in [0.1, 0.15) is 0 Å². The van der Waals surface area contributed by atoms with Crippen molar-refractivity contribution in [1.29, 1.82) is 0 Å². The van der Waals surface area contributed by atoms with Crippen LogP contribution in [0.25, 0.3) is 10.2 Å². The van der Waals surface area contributed by atoms with Gasteiger partial charge in [0.25, 0.3) is 5.91 Å². The molecular formula is C24H32ClN3OS2. The first-order valence-corrected chi connectivity index (χ1v) is 12.6. The maximum Gasteiger partial charge on any atom is 0.261 e. The number of aryl methyl sites for hydroxylation is 1. The first-order chi connectivity index (χ1) is 14.6. The van der Waals surface area contributed by atoms with Gasteiger partial charge in [-0.2, -0.15) is 0 Å². The largest absolute Gasteiger partial charge is 0.302 e. The van der Waals surface area contributed by atoms with Crippen LogP contribution in [0.15, 0.2) is 47.4 Å². The van der Waals surface area contributed by atoms with E-state index in [0.29, 0.717) is 6.54 Å². The molecule has 0 fully saturated rings. The first-order valence-electron chi connectivity index (χ1n) is 10.8. The van der Waals surface area contributed by atoms with E-state index >= 15 is 0 Å². The van der Waals surface area contributed by atoms with Crippen LogP contribution in [0.5, 0.6) is 0 Å². The molecule has 0 bridgehead atoms. The second-order valence-corrected chi connectivity index (χ2v) is 9.34. The predicted molar refractivity (Wildman–Crippen MR) is 139 cm³/mol. The molecule has 3 rings (SSSR count). The maximum atomic E-state index is 13.7. The molecule has 0 spiro atoms. The summed E-state index contributed by atoms with van der Waals surface area (Å²) in [5.74, 6) is 0.973. The number of thioether (sulfide) groups is 1. The Kier molecular flexibility index (Phi) is 10.3. The molecule has 2 aromatic carbocycles. The van der Waals surface area contributed by atoms with Crippen molar-refractivity contribution < 1.29 is 4.79 Å². The van der Waals surface area contributed by atoms with Gasteiger partial charge in [-0.05, 0) is 49.0 Å². The van der Waals surface area contributed by atoms with E-state index in [4.69, 9.17) is 4.98 Å². The molecule has 1 aromatic heterocycles. The molecule has 0 saturated heterocycles. The van der Waals surface area contributed by atoms with Gasteiger partial charge in [-0.1, -0.05) is 63.3 Å². The van der Waals surface area contributed by atoms with Gasteiger partial charge in [-0.15, -0.1) is 24.2 Å². The van der Waals surface area contributed by atoms with Gasteiger partial charge in [0.2, 0.25) is 0 Å². The lowest BCUT2D eigenvalue weighted by molar-refractivity contribution is 0.0981. The fraction of sp³-hybridized carbons (Fsp3) is 0.417. The number of likely N-dealkylation sites (N-methyl/N-ethyl adjacent to an activating group) is 1. The number of anilines is 1. The molecule has 4 nitrogen and oxygen atoms in total. The van der Waals surface area contributed by atoms with E-state index in [1.807, 2.05) is 29.2 Å². The molecule has 0 unspecified atom stereocenters. The van der Waals surface area contributed by atoms with Crippen molar-refractivity contribution in [1.82, 2.24) is 9.88 Å². The molecule has 0 aliphatic heterocycles. The number of hydrogen-bond donors (Lipinski definition) is 0. The Morgan fingerprint density at radius 3 is 2.42 bits per heavy atom. The predicted octanol–water partition coefficient (Wildman–Crippen LogP) is 6.38. The van der Waals surface area contributed by atoms with Crippen LogP contribution in [0.3, 0.4) is 0 Å². The second-order valence-electron chi connectivity index (χ2n) is 7.03. The van der Waals surface area contributed by atoms with Crippen LogP contribution >= 0.6 is 35.5 Å². The Morgan fingerprint density at radius 1 is 1.00 bits per heavy atom. The Hall–Kier alpha value is -1.60. The summed E-state index contributed by atoms with van der Waals surface area (Å²) in [7, 11) is 0. The smallest absolute Gasteiger partial charge is 0.261 e. The summed E-state index contributed by atoms with van der Waals surface area (Å²) in [5, 5.41) is 0.791. The highest BCUT2D eigenvalue weighted by atomic mass is 35.5. The van der Waals surface area contributed by atoms with E-state index in [9.17, 15) is 4.79 Å². The molecule has 0 atom stereocenters. The molecule has 168 valence electrons. The molecule has 31 heavy (non-hydrogen) atoms. The second kappa shape index (κ2) is 12.4. The third-order valence-corrected chi connectivity index (χ3v) is 7.30. The molecule has 1 amide bonds. The third-order valence-electron chi connectivity index (χ3n) is 5.30. The average Bonchev–Trinajstić information content (AvgIpc) is 3.21. The fourth-order valence-corrected chi connectivity index (χ4v) is 5.36. The molecule has 1 heterocycles. The molecule has 0 aliphatic carbocycles. The minimum atomic E-state index is 0. The van der Waals surface area contributed by atoms with Crippen LogP contribution in [0.4, 0.5) is 5.13 Å². The highest BCUT2D eigenvalue weighted by Crippen LogP contribution is 2.33. The molecule has 0 saturated carbocycles. The number of hydrogen-bond acceptors (Lipinski definition) is 5. The summed E-state index contributed by atoms with van der Waals surface area (Å²) in [6, 6.07) is 14.2. The summed E-state index contributed by atoms with van der Waals surface area (Å²) >= 11 is 3.33. The standard InChI is InChI=1S/C24H31N3OS2.ClH/c1-5-18-12-11-15-21-22(18)25-24(30-21)27(17-16-26(6-2)7-3)23(28)19-13-9-10-14-20(19)29-8-4;/h9-15H,5-8,16-17H2,1-4H3;1H. The highest BCUT2D eigenvalue weighted by molar-refractivity contribution is 7.99. The lowest BCUT2D eigenvalue weighted by Crippen LogP contribution is -2.39. The summed E-state index contributed by atoms with van der Waals surface area (Å²) < 4.78 is 1.14. The minimum absolute atomic E-state index is 0. The van der Waals surface area contributed by atoms with E-state index in [1.165, 1.54) is 5.56 Å². The van der Waals surface area contributed by atoms with Crippen LogP contribution in [0.2, 0.25) is 0 Å². The van der Waals surface area contributed by atoms with Crippen LogP contribution in [-0.2, 0) is 6.42 Å². The maximum absolute atomic E-state index is 13.7. The minimum Gasteiger partial charge on any atom is -0.302 e. The number of carbonyl (C=O) groups excluding carboxylic acids is 1. The van der Waals surface area contributed by atoms with E-state index in [1.54, 1.807) is 23.1 Å². The number of benzene rings is 2. The Morgan fingerprint density at radius 2 is 1.74 bits per heavy atom.